The molecule has 0 aromatic heterocycles. The molecule has 2 heteroatoms. The van der Waals surface area contributed by atoms with E-state index in [0.717, 1.165) is 18.0 Å². The maximum Gasteiger partial charge on any atom is 0.121 e. The number of hydrogen-bond acceptors (Lipinski definition) is 2. The van der Waals surface area contributed by atoms with Gasteiger partial charge in [0, 0.05) is 0 Å². The maximum atomic E-state index is 8.99. The Morgan fingerprint density at radius 3 is 2.53 bits per heavy atom. The van der Waals surface area contributed by atoms with Crippen LogP contribution in [0, 0.1) is 11.3 Å². The smallest absolute Gasteiger partial charge is 0.121 e. The summed E-state index contributed by atoms with van der Waals surface area (Å²) in [6, 6.07) is 10.6. The van der Waals surface area contributed by atoms with E-state index in [1.54, 1.807) is 0 Å². The van der Waals surface area contributed by atoms with Gasteiger partial charge in [0.1, 0.15) is 6.04 Å². The first kappa shape index (κ1) is 10.2. The monoisotopic (exact) mass is 200 g/mol. The molecule has 1 atom stereocenters. The average Bonchev–Trinajstić information content (AvgIpc) is 3.10. The highest BCUT2D eigenvalue weighted by Gasteiger charge is 2.23. The first-order chi connectivity index (χ1) is 7.35. The van der Waals surface area contributed by atoms with Crippen molar-refractivity contribution in [2.75, 3.05) is 6.54 Å². The Labute approximate surface area is 90.9 Å². The zero-order chi connectivity index (χ0) is 10.7. The Balaban J connectivity index is 2.11. The summed E-state index contributed by atoms with van der Waals surface area (Å²) in [7, 11) is 0. The van der Waals surface area contributed by atoms with E-state index in [4.69, 9.17) is 5.26 Å². The summed E-state index contributed by atoms with van der Waals surface area (Å²) in [4.78, 5) is 0. The topological polar surface area (TPSA) is 35.8 Å². The fourth-order valence-corrected chi connectivity index (χ4v) is 1.82. The second kappa shape index (κ2) is 4.46. The summed E-state index contributed by atoms with van der Waals surface area (Å²) in [6.45, 7) is 2.84. The lowest BCUT2D eigenvalue weighted by molar-refractivity contribution is 0.658. The first-order valence-electron chi connectivity index (χ1n) is 5.58. The van der Waals surface area contributed by atoms with Crippen molar-refractivity contribution in [3.05, 3.63) is 35.4 Å². The van der Waals surface area contributed by atoms with E-state index >= 15 is 0 Å². The van der Waals surface area contributed by atoms with Gasteiger partial charge in [0.2, 0.25) is 0 Å². The van der Waals surface area contributed by atoms with Crippen molar-refractivity contribution in [2.24, 2.45) is 0 Å². The summed E-state index contributed by atoms with van der Waals surface area (Å²) in [5.74, 6) is 0.790. The molecule has 0 bridgehead atoms. The summed E-state index contributed by atoms with van der Waals surface area (Å²) in [6.07, 6.45) is 2.66. The minimum atomic E-state index is -0.164. The van der Waals surface area contributed by atoms with Crippen molar-refractivity contribution in [3.8, 4) is 6.07 Å². The van der Waals surface area contributed by atoms with Crippen LogP contribution >= 0.6 is 0 Å². The lowest BCUT2D eigenvalue weighted by Crippen LogP contribution is -2.19. The molecule has 2 rings (SSSR count). The zero-order valence-electron chi connectivity index (χ0n) is 9.03. The Morgan fingerprint density at radius 1 is 1.40 bits per heavy atom. The summed E-state index contributed by atoms with van der Waals surface area (Å²) >= 11 is 0. The Morgan fingerprint density at radius 2 is 2.07 bits per heavy atom. The van der Waals surface area contributed by atoms with E-state index < -0.39 is 0 Å². The van der Waals surface area contributed by atoms with Gasteiger partial charge in [-0.2, -0.15) is 5.26 Å². The third-order valence-electron chi connectivity index (χ3n) is 2.86. The van der Waals surface area contributed by atoms with Crippen molar-refractivity contribution in [1.29, 1.82) is 5.26 Å². The molecule has 78 valence electrons. The van der Waals surface area contributed by atoms with Crippen LogP contribution in [0.5, 0.6) is 0 Å². The van der Waals surface area contributed by atoms with Crippen molar-refractivity contribution in [3.63, 3.8) is 0 Å². The molecule has 0 saturated heterocycles. The third-order valence-corrected chi connectivity index (χ3v) is 2.86. The number of nitrogens with zero attached hydrogens (tertiary/aromatic N) is 1. The molecule has 0 radical (unpaired) electrons. The summed E-state index contributed by atoms with van der Waals surface area (Å²) in [5.41, 5.74) is 2.50. The van der Waals surface area contributed by atoms with Gasteiger partial charge >= 0.3 is 0 Å². The second-order valence-electron chi connectivity index (χ2n) is 4.06. The van der Waals surface area contributed by atoms with Crippen molar-refractivity contribution in [2.45, 2.75) is 31.7 Å². The zero-order valence-corrected chi connectivity index (χ0v) is 9.03. The van der Waals surface area contributed by atoms with Gasteiger partial charge in [0.25, 0.3) is 0 Å². The Bertz CT molecular complexity index is 357. The average molecular weight is 200 g/mol. The van der Waals surface area contributed by atoms with E-state index in [0.29, 0.717) is 0 Å². The van der Waals surface area contributed by atoms with Gasteiger partial charge in [-0.1, -0.05) is 31.2 Å². The highest BCUT2D eigenvalue weighted by Crippen LogP contribution is 2.40. The van der Waals surface area contributed by atoms with E-state index in [-0.39, 0.29) is 6.04 Å². The quantitative estimate of drug-likeness (QED) is 0.811. The molecule has 1 aliphatic rings. The van der Waals surface area contributed by atoms with E-state index in [1.807, 2.05) is 6.92 Å². The lowest BCUT2D eigenvalue weighted by atomic mass is 10.0. The molecule has 1 unspecified atom stereocenters. The SMILES string of the molecule is CCNC(C#N)c1ccc(C2CC2)cc1. The van der Waals surface area contributed by atoms with Crippen LogP contribution in [0.3, 0.4) is 0 Å². The standard InChI is InChI=1S/C13H16N2/c1-2-15-13(9-14)12-7-5-11(6-8-12)10-3-4-10/h5-8,10,13,15H,2-4H2,1H3. The van der Waals surface area contributed by atoms with Crippen LogP contribution in [0.15, 0.2) is 24.3 Å². The minimum Gasteiger partial charge on any atom is -0.298 e. The Hall–Kier alpha value is -1.33. The molecule has 2 nitrogen and oxygen atoms in total. The van der Waals surface area contributed by atoms with Crippen LogP contribution in [0.1, 0.15) is 42.9 Å². The minimum absolute atomic E-state index is 0.164. The molecule has 1 fully saturated rings. The molecule has 1 aromatic rings. The molecule has 0 aliphatic heterocycles. The van der Waals surface area contributed by atoms with E-state index in [9.17, 15) is 0 Å². The predicted octanol–water partition coefficient (Wildman–Crippen LogP) is 2.74. The lowest BCUT2D eigenvalue weighted by Gasteiger charge is -2.10. The van der Waals surface area contributed by atoms with Crippen molar-refractivity contribution < 1.29 is 0 Å². The van der Waals surface area contributed by atoms with Gasteiger partial charge in [-0.15, -0.1) is 0 Å². The molecule has 1 aromatic carbocycles. The second-order valence-corrected chi connectivity index (χ2v) is 4.06. The van der Waals surface area contributed by atoms with Crippen LogP contribution < -0.4 is 5.32 Å². The summed E-state index contributed by atoms with van der Waals surface area (Å²) in [5, 5.41) is 12.1. The van der Waals surface area contributed by atoms with Gasteiger partial charge in [0.15, 0.2) is 0 Å². The molecule has 1 saturated carbocycles. The number of rotatable bonds is 4. The van der Waals surface area contributed by atoms with E-state index in [2.05, 4.69) is 35.7 Å². The van der Waals surface area contributed by atoms with Gasteiger partial charge in [0.05, 0.1) is 6.07 Å². The molecule has 15 heavy (non-hydrogen) atoms. The number of hydrogen-bond donors (Lipinski definition) is 1. The fourth-order valence-electron chi connectivity index (χ4n) is 1.82. The maximum absolute atomic E-state index is 8.99. The summed E-state index contributed by atoms with van der Waals surface area (Å²) < 4.78 is 0. The van der Waals surface area contributed by atoms with Gasteiger partial charge in [-0.3, -0.25) is 5.32 Å². The fraction of sp³-hybridized carbons (Fsp3) is 0.462. The van der Waals surface area contributed by atoms with Crippen LogP contribution in [0.4, 0.5) is 0 Å². The van der Waals surface area contributed by atoms with Crippen molar-refractivity contribution in [1.82, 2.24) is 5.32 Å². The molecule has 1 N–H and O–H groups in total. The third kappa shape index (κ3) is 2.37. The predicted molar refractivity (Wildman–Crippen MR) is 60.4 cm³/mol. The van der Waals surface area contributed by atoms with Crippen LogP contribution in [0.2, 0.25) is 0 Å². The highest BCUT2D eigenvalue weighted by molar-refractivity contribution is 5.31. The van der Waals surface area contributed by atoms with Gasteiger partial charge in [-0.25, -0.2) is 0 Å². The normalized spacial score (nSPS) is 17.1. The molecule has 0 amide bonds. The molecule has 1 aliphatic carbocycles. The van der Waals surface area contributed by atoms with Crippen molar-refractivity contribution >= 4 is 0 Å². The molecular formula is C13H16N2. The molecular weight excluding hydrogens is 184 g/mol. The number of nitriles is 1. The Kier molecular flexibility index (Phi) is 3.03. The first-order valence-corrected chi connectivity index (χ1v) is 5.58. The highest BCUT2D eigenvalue weighted by atomic mass is 14.9. The van der Waals surface area contributed by atoms with Crippen LogP contribution in [-0.2, 0) is 0 Å². The number of benzene rings is 1. The number of nitrogens with one attached hydrogen (secondary N) is 1. The molecule has 0 heterocycles. The van der Waals surface area contributed by atoms with Gasteiger partial charge in [-0.05, 0) is 36.4 Å². The van der Waals surface area contributed by atoms with Gasteiger partial charge < -0.3 is 0 Å². The largest absolute Gasteiger partial charge is 0.298 e. The van der Waals surface area contributed by atoms with Crippen LogP contribution in [-0.4, -0.2) is 6.54 Å². The van der Waals surface area contributed by atoms with Crippen LogP contribution in [0.25, 0.3) is 0 Å². The van der Waals surface area contributed by atoms with E-state index in [1.165, 1.54) is 18.4 Å². The molecule has 0 spiro atoms.